The van der Waals surface area contributed by atoms with Crippen molar-refractivity contribution in [3.8, 4) is 5.75 Å². The molecule has 1 aliphatic heterocycles. The molecule has 1 heterocycles. The van der Waals surface area contributed by atoms with Gasteiger partial charge in [-0.2, -0.15) is 0 Å². The van der Waals surface area contributed by atoms with Gasteiger partial charge in [0, 0.05) is 18.3 Å². The van der Waals surface area contributed by atoms with Crippen molar-refractivity contribution in [2.45, 2.75) is 6.42 Å². The number of ether oxygens (including phenoxy) is 1. The summed E-state index contributed by atoms with van der Waals surface area (Å²) in [4.78, 5) is 11.6. The van der Waals surface area contributed by atoms with E-state index < -0.39 is 9.84 Å². The summed E-state index contributed by atoms with van der Waals surface area (Å²) < 4.78 is 27.9. The largest absolute Gasteiger partial charge is 0.484 e. The second-order valence-electron chi connectivity index (χ2n) is 4.93. The summed E-state index contributed by atoms with van der Waals surface area (Å²) in [5.74, 6) is 0.646. The lowest BCUT2D eigenvalue weighted by Gasteiger charge is -2.10. The molecule has 1 amide bonds. The molecule has 0 saturated carbocycles. The van der Waals surface area contributed by atoms with E-state index in [0.29, 0.717) is 24.4 Å². The summed E-state index contributed by atoms with van der Waals surface area (Å²) in [6.07, 6.45) is 0.610. The predicted octanol–water partition coefficient (Wildman–Crippen LogP) is 0.198. The Morgan fingerprint density at radius 1 is 1.45 bits per heavy atom. The number of carbonyl (C=O) groups is 1. The average molecular weight is 298 g/mol. The molecule has 1 aliphatic rings. The molecule has 1 fully saturated rings. The first-order valence-electron chi connectivity index (χ1n) is 6.40. The van der Waals surface area contributed by atoms with Gasteiger partial charge >= 0.3 is 0 Å². The number of amides is 1. The maximum Gasteiger partial charge on any atom is 0.257 e. The highest BCUT2D eigenvalue weighted by Gasteiger charge is 2.27. The van der Waals surface area contributed by atoms with Crippen LogP contribution in [0, 0.1) is 5.92 Å². The van der Waals surface area contributed by atoms with Crippen molar-refractivity contribution >= 4 is 21.4 Å². The zero-order chi connectivity index (χ0) is 14.6. The van der Waals surface area contributed by atoms with Crippen LogP contribution in [0.4, 0.5) is 5.69 Å². The standard InChI is InChI=1S/C13H18N2O4S/c14-11-2-1-3-12(6-11)19-8-13(16)15-7-10-4-5-20(17,18)9-10/h1-3,6,10H,4-5,7-9,14H2,(H,15,16). The maximum absolute atomic E-state index is 11.6. The molecule has 110 valence electrons. The zero-order valence-corrected chi connectivity index (χ0v) is 11.9. The van der Waals surface area contributed by atoms with Crippen molar-refractivity contribution in [1.29, 1.82) is 0 Å². The molecular weight excluding hydrogens is 280 g/mol. The summed E-state index contributed by atoms with van der Waals surface area (Å²) in [6, 6.07) is 6.82. The van der Waals surface area contributed by atoms with Crippen molar-refractivity contribution in [2.24, 2.45) is 5.92 Å². The third kappa shape index (κ3) is 4.41. The number of sulfone groups is 1. The van der Waals surface area contributed by atoms with Gasteiger partial charge in [-0.1, -0.05) is 6.07 Å². The minimum atomic E-state index is -2.90. The molecule has 0 bridgehead atoms. The van der Waals surface area contributed by atoms with Crippen molar-refractivity contribution in [3.05, 3.63) is 24.3 Å². The fourth-order valence-corrected chi connectivity index (χ4v) is 3.96. The highest BCUT2D eigenvalue weighted by Crippen LogP contribution is 2.17. The number of anilines is 1. The number of benzene rings is 1. The van der Waals surface area contributed by atoms with Gasteiger partial charge in [-0.15, -0.1) is 0 Å². The van der Waals surface area contributed by atoms with Gasteiger partial charge in [0.05, 0.1) is 11.5 Å². The van der Waals surface area contributed by atoms with Crippen LogP contribution in [0.2, 0.25) is 0 Å². The van der Waals surface area contributed by atoms with Crippen molar-refractivity contribution in [1.82, 2.24) is 5.32 Å². The molecule has 1 aromatic carbocycles. The minimum Gasteiger partial charge on any atom is -0.484 e. The van der Waals surface area contributed by atoms with Crippen LogP contribution in [0.5, 0.6) is 5.75 Å². The van der Waals surface area contributed by atoms with Crippen LogP contribution in [0.25, 0.3) is 0 Å². The molecule has 0 radical (unpaired) electrons. The smallest absolute Gasteiger partial charge is 0.257 e. The summed E-state index contributed by atoms with van der Waals surface area (Å²) in [6.45, 7) is 0.265. The summed E-state index contributed by atoms with van der Waals surface area (Å²) in [7, 11) is -2.90. The first-order chi connectivity index (χ1) is 9.44. The Balaban J connectivity index is 1.71. The lowest BCUT2D eigenvalue weighted by Crippen LogP contribution is -2.33. The highest BCUT2D eigenvalue weighted by molar-refractivity contribution is 7.91. The monoisotopic (exact) mass is 298 g/mol. The third-order valence-electron chi connectivity index (χ3n) is 3.14. The van der Waals surface area contributed by atoms with E-state index in [1.807, 2.05) is 0 Å². The van der Waals surface area contributed by atoms with Crippen molar-refractivity contribution in [2.75, 3.05) is 30.4 Å². The normalized spacial score (nSPS) is 20.5. The van der Waals surface area contributed by atoms with Gasteiger partial charge in [-0.25, -0.2) is 8.42 Å². The molecule has 0 spiro atoms. The van der Waals surface area contributed by atoms with Gasteiger partial charge in [-0.05, 0) is 24.5 Å². The van der Waals surface area contributed by atoms with Gasteiger partial charge < -0.3 is 15.8 Å². The highest BCUT2D eigenvalue weighted by atomic mass is 32.2. The number of nitrogen functional groups attached to an aromatic ring is 1. The summed E-state index contributed by atoms with van der Waals surface area (Å²) in [5, 5.41) is 2.69. The van der Waals surface area contributed by atoms with Gasteiger partial charge in [-0.3, -0.25) is 4.79 Å². The molecule has 0 aliphatic carbocycles. The summed E-state index contributed by atoms with van der Waals surface area (Å²) >= 11 is 0. The zero-order valence-electron chi connectivity index (χ0n) is 11.0. The molecule has 6 nitrogen and oxygen atoms in total. The SMILES string of the molecule is Nc1cccc(OCC(=O)NCC2CCS(=O)(=O)C2)c1. The van der Waals surface area contributed by atoms with Gasteiger partial charge in [0.15, 0.2) is 16.4 Å². The average Bonchev–Trinajstić information content (AvgIpc) is 2.74. The molecule has 1 aromatic rings. The van der Waals surface area contributed by atoms with Crippen LogP contribution < -0.4 is 15.8 Å². The number of nitrogens with two attached hydrogens (primary N) is 1. The van der Waals surface area contributed by atoms with E-state index in [-0.39, 0.29) is 29.9 Å². The fourth-order valence-electron chi connectivity index (χ4n) is 2.10. The van der Waals surface area contributed by atoms with E-state index in [1.54, 1.807) is 24.3 Å². The Kier molecular flexibility index (Phi) is 4.49. The van der Waals surface area contributed by atoms with E-state index in [9.17, 15) is 13.2 Å². The van der Waals surface area contributed by atoms with E-state index >= 15 is 0 Å². The third-order valence-corrected chi connectivity index (χ3v) is 4.98. The van der Waals surface area contributed by atoms with E-state index in [0.717, 1.165) is 0 Å². The molecule has 1 saturated heterocycles. The molecule has 0 aromatic heterocycles. The van der Waals surface area contributed by atoms with Crippen molar-refractivity contribution < 1.29 is 17.9 Å². The van der Waals surface area contributed by atoms with Crippen LogP contribution in [0.3, 0.4) is 0 Å². The number of hydrogen-bond donors (Lipinski definition) is 2. The van der Waals surface area contributed by atoms with Gasteiger partial charge in [0.1, 0.15) is 5.75 Å². The predicted molar refractivity (Wildman–Crippen MR) is 76.1 cm³/mol. The number of carbonyl (C=O) groups excluding carboxylic acids is 1. The van der Waals surface area contributed by atoms with Gasteiger partial charge in [0.2, 0.25) is 0 Å². The fraction of sp³-hybridized carbons (Fsp3) is 0.462. The lowest BCUT2D eigenvalue weighted by atomic mass is 10.1. The number of hydrogen-bond acceptors (Lipinski definition) is 5. The topological polar surface area (TPSA) is 98.5 Å². The molecule has 7 heteroatoms. The Morgan fingerprint density at radius 2 is 2.25 bits per heavy atom. The number of rotatable bonds is 5. The summed E-state index contributed by atoms with van der Waals surface area (Å²) in [5.41, 5.74) is 6.16. The van der Waals surface area contributed by atoms with E-state index in [2.05, 4.69) is 5.32 Å². The second-order valence-corrected chi connectivity index (χ2v) is 7.16. The second kappa shape index (κ2) is 6.13. The lowest BCUT2D eigenvalue weighted by molar-refractivity contribution is -0.123. The number of nitrogens with one attached hydrogen (secondary N) is 1. The van der Waals surface area contributed by atoms with Crippen LogP contribution in [0.15, 0.2) is 24.3 Å². The first kappa shape index (κ1) is 14.6. The Hall–Kier alpha value is -1.76. The van der Waals surface area contributed by atoms with Gasteiger partial charge in [0.25, 0.3) is 5.91 Å². The Labute approximate surface area is 118 Å². The first-order valence-corrected chi connectivity index (χ1v) is 8.22. The molecule has 3 N–H and O–H groups in total. The molecule has 1 atom stereocenters. The Morgan fingerprint density at radius 3 is 2.90 bits per heavy atom. The molecular formula is C13H18N2O4S. The van der Waals surface area contributed by atoms with Crippen LogP contribution in [0.1, 0.15) is 6.42 Å². The molecule has 20 heavy (non-hydrogen) atoms. The van der Waals surface area contributed by atoms with E-state index in [4.69, 9.17) is 10.5 Å². The van der Waals surface area contributed by atoms with Crippen LogP contribution in [-0.2, 0) is 14.6 Å². The minimum absolute atomic E-state index is 0.0105. The van der Waals surface area contributed by atoms with Crippen LogP contribution >= 0.6 is 0 Å². The van der Waals surface area contributed by atoms with Crippen molar-refractivity contribution in [3.63, 3.8) is 0 Å². The molecule has 1 unspecified atom stereocenters. The van der Waals surface area contributed by atoms with Crippen LogP contribution in [-0.4, -0.2) is 39.0 Å². The Bertz CT molecular complexity index is 586. The quantitative estimate of drug-likeness (QED) is 0.757. The van der Waals surface area contributed by atoms with E-state index in [1.165, 1.54) is 0 Å². The maximum atomic E-state index is 11.6. The molecule has 2 rings (SSSR count).